The molecule has 22 heavy (non-hydrogen) atoms. The van der Waals surface area contributed by atoms with Crippen LogP contribution < -0.4 is 5.43 Å². The van der Waals surface area contributed by atoms with Gasteiger partial charge in [0.2, 0.25) is 5.89 Å². The molecule has 3 rings (SSSR count). The Morgan fingerprint density at radius 3 is 2.95 bits per heavy atom. The minimum Gasteiger partial charge on any atom is -0.384 e. The Kier molecular flexibility index (Phi) is 4.02. The van der Waals surface area contributed by atoms with E-state index in [2.05, 4.69) is 10.1 Å². The van der Waals surface area contributed by atoms with Crippen LogP contribution in [-0.4, -0.2) is 28.4 Å². The molecule has 0 aliphatic heterocycles. The third-order valence-corrected chi connectivity index (χ3v) is 3.56. The molecule has 0 amide bonds. The Morgan fingerprint density at radius 1 is 1.32 bits per heavy atom. The van der Waals surface area contributed by atoms with Crippen molar-refractivity contribution < 1.29 is 9.26 Å². The molecule has 1 aromatic carbocycles. The lowest BCUT2D eigenvalue weighted by molar-refractivity contribution is 0.199. The van der Waals surface area contributed by atoms with E-state index in [1.54, 1.807) is 13.2 Å². The van der Waals surface area contributed by atoms with Crippen molar-refractivity contribution in [3.05, 3.63) is 58.0 Å². The first-order valence-corrected chi connectivity index (χ1v) is 7.08. The van der Waals surface area contributed by atoms with Crippen LogP contribution in [0.5, 0.6) is 0 Å². The van der Waals surface area contributed by atoms with Crippen LogP contribution in [0.25, 0.3) is 10.9 Å². The molecular formula is C16H17N3O3. The van der Waals surface area contributed by atoms with Gasteiger partial charge in [-0.2, -0.15) is 4.98 Å². The first-order chi connectivity index (χ1) is 10.7. The van der Waals surface area contributed by atoms with Crippen molar-refractivity contribution in [1.82, 2.24) is 14.7 Å². The number of pyridine rings is 1. The molecule has 6 heteroatoms. The average molecular weight is 299 g/mol. The van der Waals surface area contributed by atoms with E-state index in [-0.39, 0.29) is 5.43 Å². The second-order valence-corrected chi connectivity index (χ2v) is 5.10. The molecule has 2 heterocycles. The minimum atomic E-state index is 0.0238. The fourth-order valence-electron chi connectivity index (χ4n) is 2.45. The highest BCUT2D eigenvalue weighted by Crippen LogP contribution is 2.14. The Bertz CT molecular complexity index is 851. The van der Waals surface area contributed by atoms with Gasteiger partial charge in [0.05, 0.1) is 12.1 Å². The van der Waals surface area contributed by atoms with E-state index in [0.29, 0.717) is 36.7 Å². The highest BCUT2D eigenvalue weighted by atomic mass is 16.5. The molecule has 0 unspecified atom stereocenters. The van der Waals surface area contributed by atoms with Crippen molar-refractivity contribution in [2.24, 2.45) is 0 Å². The average Bonchev–Trinajstić information content (AvgIpc) is 2.97. The molecule has 0 atom stereocenters. The summed E-state index contributed by atoms with van der Waals surface area (Å²) in [6, 6.07) is 9.15. The summed E-state index contributed by atoms with van der Waals surface area (Å²) >= 11 is 0. The van der Waals surface area contributed by atoms with Gasteiger partial charge in [0, 0.05) is 30.7 Å². The number of hydrogen-bond acceptors (Lipinski definition) is 5. The van der Waals surface area contributed by atoms with Gasteiger partial charge in [-0.1, -0.05) is 17.3 Å². The third-order valence-electron chi connectivity index (χ3n) is 3.56. The SMILES string of the molecule is COCCc1noc(Cn2c(C)cc(=O)c3ccccc32)n1. The third kappa shape index (κ3) is 2.78. The molecule has 0 spiro atoms. The van der Waals surface area contributed by atoms with Gasteiger partial charge >= 0.3 is 0 Å². The maximum absolute atomic E-state index is 12.0. The number of rotatable bonds is 5. The highest BCUT2D eigenvalue weighted by molar-refractivity contribution is 5.79. The quantitative estimate of drug-likeness (QED) is 0.720. The summed E-state index contributed by atoms with van der Waals surface area (Å²) in [6.45, 7) is 2.89. The maximum atomic E-state index is 12.0. The van der Waals surface area contributed by atoms with Gasteiger partial charge in [-0.15, -0.1) is 0 Å². The van der Waals surface area contributed by atoms with Crippen molar-refractivity contribution in [3.8, 4) is 0 Å². The molecule has 0 saturated carbocycles. The summed E-state index contributed by atoms with van der Waals surface area (Å²) in [6.07, 6.45) is 0.615. The Labute approximate surface area is 127 Å². The summed E-state index contributed by atoms with van der Waals surface area (Å²) in [5.41, 5.74) is 1.75. The number of nitrogens with zero attached hydrogens (tertiary/aromatic N) is 3. The number of aryl methyl sites for hydroxylation is 1. The van der Waals surface area contributed by atoms with E-state index in [4.69, 9.17) is 9.26 Å². The molecule has 0 aliphatic rings. The van der Waals surface area contributed by atoms with Crippen molar-refractivity contribution in [2.75, 3.05) is 13.7 Å². The van der Waals surface area contributed by atoms with Gasteiger partial charge in [0.25, 0.3) is 0 Å². The summed E-state index contributed by atoms with van der Waals surface area (Å²) in [4.78, 5) is 16.4. The number of benzene rings is 1. The summed E-state index contributed by atoms with van der Waals surface area (Å²) < 4.78 is 12.3. The first kappa shape index (κ1) is 14.5. The molecule has 2 aromatic heterocycles. The predicted octanol–water partition coefficient (Wildman–Crippen LogP) is 1.93. The van der Waals surface area contributed by atoms with E-state index in [0.717, 1.165) is 11.2 Å². The Hall–Kier alpha value is -2.47. The molecule has 114 valence electrons. The van der Waals surface area contributed by atoms with Crippen LogP contribution in [0.15, 0.2) is 39.6 Å². The van der Waals surface area contributed by atoms with Crippen molar-refractivity contribution in [3.63, 3.8) is 0 Å². The van der Waals surface area contributed by atoms with Crippen molar-refractivity contribution >= 4 is 10.9 Å². The standard InChI is InChI=1S/C16H17N3O3/c1-11-9-14(20)12-5-3-4-6-13(12)19(11)10-16-17-15(18-22-16)7-8-21-2/h3-6,9H,7-8,10H2,1-2H3. The van der Waals surface area contributed by atoms with Crippen LogP contribution in [0.4, 0.5) is 0 Å². The fraction of sp³-hybridized carbons (Fsp3) is 0.312. The number of fused-ring (bicyclic) bond motifs is 1. The topological polar surface area (TPSA) is 70.2 Å². The number of aromatic nitrogens is 3. The van der Waals surface area contributed by atoms with Gasteiger partial charge in [-0.05, 0) is 19.1 Å². The minimum absolute atomic E-state index is 0.0238. The molecule has 0 aliphatic carbocycles. The van der Waals surface area contributed by atoms with Gasteiger partial charge in [0.1, 0.15) is 6.54 Å². The summed E-state index contributed by atoms with van der Waals surface area (Å²) in [7, 11) is 1.64. The van der Waals surface area contributed by atoms with Gasteiger partial charge in [-0.3, -0.25) is 4.79 Å². The predicted molar refractivity (Wildman–Crippen MR) is 81.9 cm³/mol. The van der Waals surface area contributed by atoms with E-state index >= 15 is 0 Å². The largest absolute Gasteiger partial charge is 0.384 e. The van der Waals surface area contributed by atoms with Crippen LogP contribution in [0.2, 0.25) is 0 Å². The molecule has 6 nitrogen and oxygen atoms in total. The molecule has 0 fully saturated rings. The maximum Gasteiger partial charge on any atom is 0.246 e. The normalized spacial score (nSPS) is 11.2. The molecular weight excluding hydrogens is 282 g/mol. The molecule has 0 N–H and O–H groups in total. The lowest BCUT2D eigenvalue weighted by Crippen LogP contribution is -2.13. The van der Waals surface area contributed by atoms with Crippen LogP contribution in [0.3, 0.4) is 0 Å². The monoisotopic (exact) mass is 299 g/mol. The van der Waals surface area contributed by atoms with Crippen molar-refractivity contribution in [1.29, 1.82) is 0 Å². The Morgan fingerprint density at radius 2 is 2.14 bits per heavy atom. The van der Waals surface area contributed by atoms with E-state index in [9.17, 15) is 4.79 Å². The van der Waals surface area contributed by atoms with Gasteiger partial charge in [0.15, 0.2) is 11.3 Å². The molecule has 0 radical (unpaired) electrons. The zero-order valence-electron chi connectivity index (χ0n) is 12.6. The number of hydrogen-bond donors (Lipinski definition) is 0. The second-order valence-electron chi connectivity index (χ2n) is 5.10. The number of ether oxygens (including phenoxy) is 1. The van der Waals surface area contributed by atoms with Crippen LogP contribution in [-0.2, 0) is 17.7 Å². The number of methoxy groups -OCH3 is 1. The van der Waals surface area contributed by atoms with E-state index < -0.39 is 0 Å². The lowest BCUT2D eigenvalue weighted by Gasteiger charge is -2.12. The molecule has 3 aromatic rings. The highest BCUT2D eigenvalue weighted by Gasteiger charge is 2.11. The second kappa shape index (κ2) is 6.11. The smallest absolute Gasteiger partial charge is 0.246 e. The van der Waals surface area contributed by atoms with Crippen molar-refractivity contribution in [2.45, 2.75) is 19.9 Å². The molecule has 0 saturated heterocycles. The summed E-state index contributed by atoms with van der Waals surface area (Å²) in [5.74, 6) is 1.14. The lowest BCUT2D eigenvalue weighted by atomic mass is 10.2. The number of para-hydroxylation sites is 1. The summed E-state index contributed by atoms with van der Waals surface area (Å²) in [5, 5.41) is 4.62. The molecule has 0 bridgehead atoms. The van der Waals surface area contributed by atoms with Gasteiger partial charge < -0.3 is 13.8 Å². The van der Waals surface area contributed by atoms with E-state index in [1.165, 1.54) is 0 Å². The van der Waals surface area contributed by atoms with Crippen LogP contribution in [0.1, 0.15) is 17.4 Å². The van der Waals surface area contributed by atoms with E-state index in [1.807, 2.05) is 35.8 Å². The van der Waals surface area contributed by atoms with Gasteiger partial charge in [-0.25, -0.2) is 0 Å². The Balaban J connectivity index is 1.97. The zero-order valence-corrected chi connectivity index (χ0v) is 12.6. The fourth-order valence-corrected chi connectivity index (χ4v) is 2.45. The van der Waals surface area contributed by atoms with Crippen LogP contribution >= 0.6 is 0 Å². The van der Waals surface area contributed by atoms with Crippen LogP contribution in [0, 0.1) is 6.92 Å². The first-order valence-electron chi connectivity index (χ1n) is 7.08. The zero-order chi connectivity index (χ0) is 15.5.